The van der Waals surface area contributed by atoms with Gasteiger partial charge >= 0.3 is 0 Å². The lowest BCUT2D eigenvalue weighted by Crippen LogP contribution is -2.34. The number of nitrogens with zero attached hydrogens (tertiary/aromatic N) is 5. The number of para-hydroxylation sites is 1. The molecule has 4 rings (SSSR count). The van der Waals surface area contributed by atoms with E-state index >= 15 is 0 Å². The third-order valence-corrected chi connectivity index (χ3v) is 4.89. The molecule has 1 aliphatic rings. The Morgan fingerprint density at radius 3 is 2.44 bits per heavy atom. The van der Waals surface area contributed by atoms with Gasteiger partial charge in [0.15, 0.2) is 11.5 Å². The fourth-order valence-corrected chi connectivity index (χ4v) is 3.39. The van der Waals surface area contributed by atoms with Crippen LogP contribution in [0, 0.1) is 0 Å². The number of amides is 1. The molecule has 27 heavy (non-hydrogen) atoms. The first-order valence-corrected chi connectivity index (χ1v) is 9.13. The first kappa shape index (κ1) is 17.2. The van der Waals surface area contributed by atoms with Gasteiger partial charge in [0.2, 0.25) is 0 Å². The average molecular weight is 362 g/mol. The third kappa shape index (κ3) is 3.97. The van der Waals surface area contributed by atoms with Gasteiger partial charge in [0, 0.05) is 37.9 Å². The summed E-state index contributed by atoms with van der Waals surface area (Å²) in [5.41, 5.74) is 2.21. The van der Waals surface area contributed by atoms with Crippen LogP contribution in [0.2, 0.25) is 0 Å². The highest BCUT2D eigenvalue weighted by Gasteiger charge is 2.23. The summed E-state index contributed by atoms with van der Waals surface area (Å²) < 4.78 is 1.85. The summed E-state index contributed by atoms with van der Waals surface area (Å²) in [4.78, 5) is 14.5. The molecule has 1 saturated heterocycles. The molecule has 0 aliphatic carbocycles. The summed E-state index contributed by atoms with van der Waals surface area (Å²) in [6.45, 7) is 1.82. The molecule has 0 saturated carbocycles. The second-order valence-corrected chi connectivity index (χ2v) is 6.77. The lowest BCUT2D eigenvalue weighted by atomic mass is 9.94. The molecule has 138 valence electrons. The van der Waals surface area contributed by atoms with E-state index < -0.39 is 0 Å². The Morgan fingerprint density at radius 2 is 1.81 bits per heavy atom. The highest BCUT2D eigenvalue weighted by Crippen LogP contribution is 2.28. The molecule has 1 aromatic carbocycles. The average Bonchev–Trinajstić information content (AvgIpc) is 3.15. The zero-order valence-corrected chi connectivity index (χ0v) is 15.2. The Hall–Kier alpha value is -3.22. The van der Waals surface area contributed by atoms with Gasteiger partial charge in [0.05, 0.1) is 5.69 Å². The molecule has 7 nitrogen and oxygen atoms in total. The quantitative estimate of drug-likeness (QED) is 0.772. The fraction of sp³-hybridized carbons (Fsp3) is 0.300. The van der Waals surface area contributed by atoms with Gasteiger partial charge < -0.3 is 10.2 Å². The molecule has 1 aliphatic heterocycles. The maximum Gasteiger partial charge on any atom is 0.276 e. The minimum Gasteiger partial charge on any atom is -0.355 e. The van der Waals surface area contributed by atoms with Gasteiger partial charge in [-0.1, -0.05) is 18.2 Å². The molecular formula is C20H22N6O. The Labute approximate surface area is 158 Å². The van der Waals surface area contributed by atoms with E-state index in [4.69, 9.17) is 0 Å². The van der Waals surface area contributed by atoms with Crippen LogP contribution in [0.25, 0.3) is 0 Å². The van der Waals surface area contributed by atoms with E-state index in [-0.39, 0.29) is 5.91 Å². The number of anilines is 2. The summed E-state index contributed by atoms with van der Waals surface area (Å²) in [7, 11) is 1.95. The van der Waals surface area contributed by atoms with Gasteiger partial charge in [0.25, 0.3) is 5.91 Å². The second kappa shape index (κ2) is 7.57. The monoisotopic (exact) mass is 362 g/mol. The van der Waals surface area contributed by atoms with Crippen molar-refractivity contribution in [1.82, 2.24) is 20.0 Å². The maximum absolute atomic E-state index is 12.3. The van der Waals surface area contributed by atoms with Gasteiger partial charge in [-0.05, 0) is 43.2 Å². The van der Waals surface area contributed by atoms with E-state index in [1.54, 1.807) is 6.07 Å². The maximum atomic E-state index is 12.3. The van der Waals surface area contributed by atoms with Crippen molar-refractivity contribution in [1.29, 1.82) is 0 Å². The summed E-state index contributed by atoms with van der Waals surface area (Å²) in [5.74, 6) is 1.05. The Balaban J connectivity index is 1.36. The molecule has 0 unspecified atom stereocenters. The molecule has 0 spiro atoms. The van der Waals surface area contributed by atoms with Crippen molar-refractivity contribution in [2.75, 3.05) is 23.3 Å². The number of hydrogen-bond donors (Lipinski definition) is 1. The zero-order chi connectivity index (χ0) is 18.6. The normalized spacial score (nSPS) is 14.9. The SMILES string of the molecule is Cn1ccc(C2CCN(c3ccc(C(=O)Nc4ccccc4)nn3)CC2)n1. The number of carbonyl (C=O) groups is 1. The van der Waals surface area contributed by atoms with Gasteiger partial charge in [-0.2, -0.15) is 5.10 Å². The van der Waals surface area contributed by atoms with Gasteiger partial charge in [-0.25, -0.2) is 0 Å². The predicted octanol–water partition coefficient (Wildman–Crippen LogP) is 2.85. The lowest BCUT2D eigenvalue weighted by molar-refractivity contribution is 0.102. The molecule has 1 fully saturated rings. The molecule has 1 N–H and O–H groups in total. The van der Waals surface area contributed by atoms with Crippen molar-refractivity contribution in [3.8, 4) is 0 Å². The fourth-order valence-electron chi connectivity index (χ4n) is 3.39. The number of benzene rings is 1. The molecule has 0 bridgehead atoms. The van der Waals surface area contributed by atoms with E-state index in [1.807, 2.05) is 54.3 Å². The molecule has 0 radical (unpaired) electrons. The second-order valence-electron chi connectivity index (χ2n) is 6.77. The number of hydrogen-bond acceptors (Lipinski definition) is 5. The van der Waals surface area contributed by atoms with Gasteiger partial charge in [-0.15, -0.1) is 10.2 Å². The Morgan fingerprint density at radius 1 is 1.04 bits per heavy atom. The lowest BCUT2D eigenvalue weighted by Gasteiger charge is -2.31. The van der Waals surface area contributed by atoms with Crippen LogP contribution in [-0.4, -0.2) is 39.0 Å². The number of carbonyl (C=O) groups excluding carboxylic acids is 1. The number of piperidine rings is 1. The van der Waals surface area contributed by atoms with Crippen LogP contribution >= 0.6 is 0 Å². The number of aryl methyl sites for hydroxylation is 1. The van der Waals surface area contributed by atoms with Gasteiger partial charge in [-0.3, -0.25) is 9.48 Å². The van der Waals surface area contributed by atoms with Crippen molar-refractivity contribution in [3.05, 3.63) is 66.1 Å². The van der Waals surface area contributed by atoms with Crippen molar-refractivity contribution >= 4 is 17.4 Å². The summed E-state index contributed by atoms with van der Waals surface area (Å²) >= 11 is 0. The molecule has 3 heterocycles. The van der Waals surface area contributed by atoms with Crippen LogP contribution < -0.4 is 10.2 Å². The standard InChI is InChI=1S/C20H22N6O/c1-25-12-11-17(24-25)15-9-13-26(14-10-15)19-8-7-18(22-23-19)20(27)21-16-5-3-2-4-6-16/h2-8,11-12,15H,9-10,13-14H2,1H3,(H,21,27). The van der Waals surface area contributed by atoms with Crippen LogP contribution in [0.15, 0.2) is 54.7 Å². The largest absolute Gasteiger partial charge is 0.355 e. The van der Waals surface area contributed by atoms with Crippen LogP contribution in [0.4, 0.5) is 11.5 Å². The van der Waals surface area contributed by atoms with Crippen molar-refractivity contribution in [2.45, 2.75) is 18.8 Å². The van der Waals surface area contributed by atoms with Crippen LogP contribution in [0.3, 0.4) is 0 Å². The summed E-state index contributed by atoms with van der Waals surface area (Å²) in [6, 6.07) is 15.0. The predicted molar refractivity (Wildman–Crippen MR) is 104 cm³/mol. The van der Waals surface area contributed by atoms with E-state index in [9.17, 15) is 4.79 Å². The Kier molecular flexibility index (Phi) is 4.82. The smallest absolute Gasteiger partial charge is 0.276 e. The number of nitrogens with one attached hydrogen (secondary N) is 1. The molecule has 3 aromatic rings. The first-order valence-electron chi connectivity index (χ1n) is 9.13. The summed E-state index contributed by atoms with van der Waals surface area (Å²) in [6.07, 6.45) is 4.07. The molecular weight excluding hydrogens is 340 g/mol. The number of rotatable bonds is 4. The highest BCUT2D eigenvalue weighted by molar-refractivity contribution is 6.02. The van der Waals surface area contributed by atoms with E-state index in [0.29, 0.717) is 11.6 Å². The topological polar surface area (TPSA) is 75.9 Å². The van der Waals surface area contributed by atoms with Crippen LogP contribution in [0.5, 0.6) is 0 Å². The van der Waals surface area contributed by atoms with E-state index in [1.165, 1.54) is 0 Å². The summed E-state index contributed by atoms with van der Waals surface area (Å²) in [5, 5.41) is 15.7. The van der Waals surface area contributed by atoms with Crippen molar-refractivity contribution < 1.29 is 4.79 Å². The van der Waals surface area contributed by atoms with Gasteiger partial charge in [0.1, 0.15) is 0 Å². The van der Waals surface area contributed by atoms with Crippen LogP contribution in [-0.2, 0) is 7.05 Å². The van der Waals surface area contributed by atoms with Crippen molar-refractivity contribution in [3.63, 3.8) is 0 Å². The minimum atomic E-state index is -0.255. The molecule has 1 amide bonds. The third-order valence-electron chi connectivity index (χ3n) is 4.89. The Bertz CT molecular complexity index is 898. The van der Waals surface area contributed by atoms with E-state index in [2.05, 4.69) is 31.6 Å². The van der Waals surface area contributed by atoms with Crippen molar-refractivity contribution in [2.24, 2.45) is 7.05 Å². The van der Waals surface area contributed by atoms with E-state index in [0.717, 1.165) is 43.1 Å². The molecule has 0 atom stereocenters. The highest BCUT2D eigenvalue weighted by atomic mass is 16.1. The molecule has 7 heteroatoms. The zero-order valence-electron chi connectivity index (χ0n) is 15.2. The van der Waals surface area contributed by atoms with Crippen LogP contribution in [0.1, 0.15) is 34.9 Å². The molecule has 2 aromatic heterocycles. The minimum absolute atomic E-state index is 0.255. The first-order chi connectivity index (χ1) is 13.2. The number of aromatic nitrogens is 4.